The SMILES string of the molecule is CC(C)(C)OC(=O)NCCC(=O)OCC(=O)Nc1ccc(C(F)(F)F)cc1. The van der Waals surface area contributed by atoms with E-state index in [0.717, 1.165) is 24.3 Å². The van der Waals surface area contributed by atoms with Gasteiger partial charge < -0.3 is 20.1 Å². The first-order chi connectivity index (χ1) is 12.4. The van der Waals surface area contributed by atoms with Crippen molar-refractivity contribution in [2.24, 2.45) is 0 Å². The Hall–Kier alpha value is -2.78. The summed E-state index contributed by atoms with van der Waals surface area (Å²) in [6.07, 6.45) is -5.33. The number of carbonyl (C=O) groups is 3. The molecule has 0 aromatic heterocycles. The molecule has 2 N–H and O–H groups in total. The smallest absolute Gasteiger partial charge is 0.416 e. The number of rotatable bonds is 6. The molecule has 0 heterocycles. The van der Waals surface area contributed by atoms with Crippen molar-refractivity contribution in [3.05, 3.63) is 29.8 Å². The molecule has 2 amide bonds. The predicted octanol–water partition coefficient (Wildman–Crippen LogP) is 3.10. The lowest BCUT2D eigenvalue weighted by Gasteiger charge is -2.19. The van der Waals surface area contributed by atoms with Gasteiger partial charge in [0.05, 0.1) is 12.0 Å². The number of anilines is 1. The topological polar surface area (TPSA) is 93.7 Å². The number of benzene rings is 1. The van der Waals surface area contributed by atoms with Crippen LogP contribution in [0, 0.1) is 0 Å². The highest BCUT2D eigenvalue weighted by Gasteiger charge is 2.30. The van der Waals surface area contributed by atoms with E-state index in [4.69, 9.17) is 9.47 Å². The Morgan fingerprint density at radius 2 is 1.63 bits per heavy atom. The molecule has 0 aliphatic carbocycles. The molecule has 0 bridgehead atoms. The monoisotopic (exact) mass is 390 g/mol. The number of amides is 2. The average molecular weight is 390 g/mol. The molecule has 0 saturated carbocycles. The van der Waals surface area contributed by atoms with Crippen LogP contribution in [0.4, 0.5) is 23.7 Å². The Kier molecular flexibility index (Phi) is 7.62. The number of carbonyl (C=O) groups excluding carboxylic acids is 3. The minimum atomic E-state index is -4.47. The number of alkyl halides is 3. The van der Waals surface area contributed by atoms with Crippen LogP contribution in [0.3, 0.4) is 0 Å². The normalized spacial score (nSPS) is 11.5. The third-order valence-corrected chi connectivity index (χ3v) is 2.86. The standard InChI is InChI=1S/C17H21F3N2O5/c1-16(2,3)27-15(25)21-9-8-14(24)26-10-13(23)22-12-6-4-11(5-7-12)17(18,19)20/h4-7H,8-10H2,1-3H3,(H,21,25)(H,22,23). The van der Waals surface area contributed by atoms with Crippen molar-refractivity contribution in [3.63, 3.8) is 0 Å². The van der Waals surface area contributed by atoms with Gasteiger partial charge in [-0.2, -0.15) is 13.2 Å². The van der Waals surface area contributed by atoms with Gasteiger partial charge in [0, 0.05) is 12.2 Å². The zero-order valence-electron chi connectivity index (χ0n) is 15.1. The average Bonchev–Trinajstić information content (AvgIpc) is 2.51. The number of ether oxygens (including phenoxy) is 2. The van der Waals surface area contributed by atoms with Crippen LogP contribution >= 0.6 is 0 Å². The first kappa shape index (κ1) is 22.3. The van der Waals surface area contributed by atoms with E-state index >= 15 is 0 Å². The van der Waals surface area contributed by atoms with Gasteiger partial charge in [-0.25, -0.2) is 4.79 Å². The molecular formula is C17H21F3N2O5. The fourth-order valence-electron chi connectivity index (χ4n) is 1.74. The van der Waals surface area contributed by atoms with E-state index in [1.807, 2.05) is 0 Å². The first-order valence-electron chi connectivity index (χ1n) is 7.96. The van der Waals surface area contributed by atoms with Crippen LogP contribution in [0.25, 0.3) is 0 Å². The molecule has 0 radical (unpaired) electrons. The van der Waals surface area contributed by atoms with E-state index in [1.54, 1.807) is 20.8 Å². The summed E-state index contributed by atoms with van der Waals surface area (Å²) in [6.45, 7) is 4.43. The second-order valence-electron chi connectivity index (χ2n) is 6.46. The van der Waals surface area contributed by atoms with E-state index in [-0.39, 0.29) is 18.7 Å². The number of esters is 1. The molecule has 27 heavy (non-hydrogen) atoms. The molecule has 0 aliphatic heterocycles. The van der Waals surface area contributed by atoms with Gasteiger partial charge in [0.2, 0.25) is 0 Å². The van der Waals surface area contributed by atoms with Crippen LogP contribution in [0.5, 0.6) is 0 Å². The summed E-state index contributed by atoms with van der Waals surface area (Å²) in [5.74, 6) is -1.43. The van der Waals surface area contributed by atoms with Crippen molar-refractivity contribution in [1.82, 2.24) is 5.32 Å². The van der Waals surface area contributed by atoms with Gasteiger partial charge in [-0.15, -0.1) is 0 Å². The van der Waals surface area contributed by atoms with E-state index in [1.165, 1.54) is 0 Å². The third-order valence-electron chi connectivity index (χ3n) is 2.86. The van der Waals surface area contributed by atoms with Crippen LogP contribution in [-0.4, -0.2) is 36.7 Å². The Balaban J connectivity index is 2.29. The minimum absolute atomic E-state index is 0.0335. The molecule has 1 rings (SSSR count). The van der Waals surface area contributed by atoms with Crippen molar-refractivity contribution in [1.29, 1.82) is 0 Å². The maximum atomic E-state index is 12.4. The summed E-state index contributed by atoms with van der Waals surface area (Å²) in [7, 11) is 0. The highest BCUT2D eigenvalue weighted by Crippen LogP contribution is 2.29. The van der Waals surface area contributed by atoms with Crippen LogP contribution < -0.4 is 10.6 Å². The second-order valence-corrected chi connectivity index (χ2v) is 6.46. The molecule has 0 fully saturated rings. The predicted molar refractivity (Wildman–Crippen MR) is 89.9 cm³/mol. The molecule has 1 aromatic carbocycles. The zero-order chi connectivity index (χ0) is 20.7. The third kappa shape index (κ3) is 9.47. The van der Waals surface area contributed by atoms with Crippen LogP contribution in [0.1, 0.15) is 32.8 Å². The summed E-state index contributed by atoms with van der Waals surface area (Å²) in [6, 6.07) is 3.83. The lowest BCUT2D eigenvalue weighted by molar-refractivity contribution is -0.147. The van der Waals surface area contributed by atoms with Crippen molar-refractivity contribution < 1.29 is 37.0 Å². The number of halogens is 3. The van der Waals surface area contributed by atoms with Crippen LogP contribution in [0.2, 0.25) is 0 Å². The Bertz CT molecular complexity index is 667. The minimum Gasteiger partial charge on any atom is -0.456 e. The van der Waals surface area contributed by atoms with Crippen molar-refractivity contribution >= 4 is 23.7 Å². The van der Waals surface area contributed by atoms with Gasteiger partial charge in [-0.05, 0) is 45.0 Å². The van der Waals surface area contributed by atoms with E-state index in [0.29, 0.717) is 0 Å². The van der Waals surface area contributed by atoms with Gasteiger partial charge in [-0.1, -0.05) is 0 Å². The largest absolute Gasteiger partial charge is 0.456 e. The Morgan fingerprint density at radius 3 is 2.15 bits per heavy atom. The second kappa shape index (κ2) is 9.24. The molecule has 0 saturated heterocycles. The molecule has 0 atom stereocenters. The highest BCUT2D eigenvalue weighted by atomic mass is 19.4. The maximum absolute atomic E-state index is 12.4. The Labute approximate surface area is 154 Å². The molecule has 0 spiro atoms. The van der Waals surface area contributed by atoms with Crippen molar-refractivity contribution in [2.45, 2.75) is 39.0 Å². The van der Waals surface area contributed by atoms with Gasteiger partial charge >= 0.3 is 18.2 Å². The zero-order valence-corrected chi connectivity index (χ0v) is 15.1. The lowest BCUT2D eigenvalue weighted by Crippen LogP contribution is -2.34. The molecular weight excluding hydrogens is 369 g/mol. The molecule has 10 heteroatoms. The molecule has 7 nitrogen and oxygen atoms in total. The van der Waals surface area contributed by atoms with Crippen LogP contribution in [0.15, 0.2) is 24.3 Å². The number of alkyl carbamates (subject to hydrolysis) is 1. The fraction of sp³-hybridized carbons (Fsp3) is 0.471. The first-order valence-corrected chi connectivity index (χ1v) is 7.96. The summed E-state index contributed by atoms with van der Waals surface area (Å²) in [5.41, 5.74) is -1.37. The number of nitrogens with one attached hydrogen (secondary N) is 2. The molecule has 0 aliphatic rings. The number of hydrogen-bond acceptors (Lipinski definition) is 5. The van der Waals surface area contributed by atoms with E-state index in [2.05, 4.69) is 10.6 Å². The summed E-state index contributed by atoms with van der Waals surface area (Å²) in [4.78, 5) is 34.5. The molecule has 1 aromatic rings. The van der Waals surface area contributed by atoms with Gasteiger partial charge in [0.1, 0.15) is 5.60 Å². The van der Waals surface area contributed by atoms with Gasteiger partial charge in [0.25, 0.3) is 5.91 Å². The molecule has 150 valence electrons. The number of hydrogen-bond donors (Lipinski definition) is 2. The van der Waals surface area contributed by atoms with E-state index in [9.17, 15) is 27.6 Å². The highest BCUT2D eigenvalue weighted by molar-refractivity contribution is 5.92. The van der Waals surface area contributed by atoms with Crippen molar-refractivity contribution in [3.8, 4) is 0 Å². The maximum Gasteiger partial charge on any atom is 0.416 e. The Morgan fingerprint density at radius 1 is 1.04 bits per heavy atom. The lowest BCUT2D eigenvalue weighted by atomic mass is 10.2. The fourth-order valence-corrected chi connectivity index (χ4v) is 1.74. The quantitative estimate of drug-likeness (QED) is 0.728. The summed E-state index contributed by atoms with van der Waals surface area (Å²) in [5, 5.41) is 4.66. The van der Waals surface area contributed by atoms with Gasteiger partial charge in [-0.3, -0.25) is 9.59 Å². The summed E-state index contributed by atoms with van der Waals surface area (Å²) >= 11 is 0. The van der Waals surface area contributed by atoms with Crippen molar-refractivity contribution in [2.75, 3.05) is 18.5 Å². The van der Waals surface area contributed by atoms with Crippen LogP contribution in [-0.2, 0) is 25.2 Å². The summed E-state index contributed by atoms with van der Waals surface area (Å²) < 4.78 is 47.0. The molecule has 0 unspecified atom stereocenters. The van der Waals surface area contributed by atoms with Gasteiger partial charge in [0.15, 0.2) is 6.61 Å². The van der Waals surface area contributed by atoms with E-state index < -0.39 is 41.9 Å².